The van der Waals surface area contributed by atoms with Gasteiger partial charge in [-0.05, 0) is 61.4 Å². The van der Waals surface area contributed by atoms with Crippen molar-refractivity contribution in [3.8, 4) is 17.7 Å². The largest absolute Gasteiger partial charge is 0.440 e. The molecule has 3 rings (SSSR count). The van der Waals surface area contributed by atoms with Crippen LogP contribution < -0.4 is 4.74 Å². The molecular weight excluding hydrogens is 526 g/mol. The number of aromatic nitrogens is 1. The van der Waals surface area contributed by atoms with Crippen LogP contribution in [0.25, 0.3) is 0 Å². The van der Waals surface area contributed by atoms with Crippen LogP contribution in [-0.4, -0.2) is 11.0 Å². The maximum absolute atomic E-state index is 13.4. The second-order valence-corrected chi connectivity index (χ2v) is 10.1. The van der Waals surface area contributed by atoms with Gasteiger partial charge < -0.3 is 9.47 Å². The summed E-state index contributed by atoms with van der Waals surface area (Å²) < 4.78 is 38.0. The van der Waals surface area contributed by atoms with Crippen LogP contribution in [0, 0.1) is 40.2 Å². The monoisotopic (exact) mass is 540 g/mol. The van der Waals surface area contributed by atoms with E-state index >= 15 is 0 Å². The standard InChI is InChI=1S/C21H16Br2F2N2O3/c1-21(2)12(9-17(22)23)19(21)20(28)30-16(10-26)15-4-3-5-18(27-15)29-11-6-7-13(24)14(25)8-11/h3-9,12,16,19H,1-2H3. The van der Waals surface area contributed by atoms with Gasteiger partial charge in [0.2, 0.25) is 12.0 Å². The molecule has 0 saturated heterocycles. The van der Waals surface area contributed by atoms with Gasteiger partial charge in [-0.3, -0.25) is 4.79 Å². The first-order chi connectivity index (χ1) is 14.1. The molecule has 0 radical (unpaired) electrons. The van der Waals surface area contributed by atoms with Crippen molar-refractivity contribution in [3.05, 3.63) is 63.2 Å². The van der Waals surface area contributed by atoms with E-state index in [2.05, 4.69) is 36.8 Å². The number of halogens is 4. The number of pyridine rings is 1. The zero-order valence-corrected chi connectivity index (χ0v) is 19.1. The number of esters is 1. The highest BCUT2D eigenvalue weighted by atomic mass is 79.9. The smallest absolute Gasteiger partial charge is 0.311 e. The van der Waals surface area contributed by atoms with Gasteiger partial charge in [0.1, 0.15) is 11.8 Å². The molecule has 1 aromatic heterocycles. The van der Waals surface area contributed by atoms with Crippen LogP contribution in [0.1, 0.15) is 25.6 Å². The van der Waals surface area contributed by atoms with Crippen LogP contribution in [-0.2, 0) is 9.53 Å². The number of carbonyl (C=O) groups is 1. The van der Waals surface area contributed by atoms with Crippen molar-refractivity contribution >= 4 is 37.8 Å². The molecule has 0 bridgehead atoms. The first-order valence-corrected chi connectivity index (χ1v) is 10.4. The SMILES string of the molecule is CC1(C)C(C=C(Br)Br)C1C(=O)OC(C#N)c1cccc(Oc2ccc(F)c(F)c2)n1. The van der Waals surface area contributed by atoms with Crippen molar-refractivity contribution < 1.29 is 23.0 Å². The molecule has 1 fully saturated rings. The molecule has 30 heavy (non-hydrogen) atoms. The normalized spacial score (nSPS) is 19.9. The summed E-state index contributed by atoms with van der Waals surface area (Å²) in [5.41, 5.74) is -0.132. The molecule has 1 saturated carbocycles. The highest BCUT2D eigenvalue weighted by Gasteiger charge is 2.61. The third-order valence-corrected chi connectivity index (χ3v) is 5.48. The highest BCUT2D eigenvalue weighted by Crippen LogP contribution is 2.60. The molecule has 1 aliphatic rings. The van der Waals surface area contributed by atoms with E-state index in [0.717, 1.165) is 15.5 Å². The van der Waals surface area contributed by atoms with Gasteiger partial charge in [0.15, 0.2) is 11.6 Å². The van der Waals surface area contributed by atoms with Gasteiger partial charge >= 0.3 is 5.97 Å². The Bertz CT molecular complexity index is 1050. The zero-order valence-electron chi connectivity index (χ0n) is 15.9. The lowest BCUT2D eigenvalue weighted by atomic mass is 10.1. The molecule has 3 unspecified atom stereocenters. The summed E-state index contributed by atoms with van der Waals surface area (Å²) in [5, 5.41) is 9.49. The third-order valence-electron chi connectivity index (χ3n) is 4.95. The van der Waals surface area contributed by atoms with Gasteiger partial charge in [-0.25, -0.2) is 13.8 Å². The van der Waals surface area contributed by atoms with E-state index in [1.165, 1.54) is 18.2 Å². The van der Waals surface area contributed by atoms with Gasteiger partial charge in [-0.15, -0.1) is 0 Å². The molecule has 156 valence electrons. The van der Waals surface area contributed by atoms with Crippen LogP contribution in [0.4, 0.5) is 8.78 Å². The van der Waals surface area contributed by atoms with Crippen LogP contribution in [0.3, 0.4) is 0 Å². The summed E-state index contributed by atoms with van der Waals surface area (Å²) in [6, 6.07) is 9.55. The summed E-state index contributed by atoms with van der Waals surface area (Å²) in [4.78, 5) is 16.8. The molecule has 0 N–H and O–H groups in total. The molecule has 2 aromatic rings. The lowest BCUT2D eigenvalue weighted by molar-refractivity contribution is -0.149. The predicted octanol–water partition coefficient (Wildman–Crippen LogP) is 6.16. The molecule has 0 aliphatic heterocycles. The quantitative estimate of drug-likeness (QED) is 0.409. The van der Waals surface area contributed by atoms with Crippen LogP contribution >= 0.6 is 31.9 Å². The lowest BCUT2D eigenvalue weighted by Crippen LogP contribution is -2.15. The molecule has 1 aromatic carbocycles. The number of hydrogen-bond acceptors (Lipinski definition) is 5. The maximum Gasteiger partial charge on any atom is 0.311 e. The van der Waals surface area contributed by atoms with E-state index in [4.69, 9.17) is 9.47 Å². The molecule has 1 heterocycles. The summed E-state index contributed by atoms with van der Waals surface area (Å²) in [5.74, 6) is -2.89. The molecule has 5 nitrogen and oxygen atoms in total. The van der Waals surface area contributed by atoms with Crippen molar-refractivity contribution in [2.45, 2.75) is 20.0 Å². The number of nitrogens with zero attached hydrogens (tertiary/aromatic N) is 2. The first kappa shape index (κ1) is 22.4. The molecule has 1 aliphatic carbocycles. The second kappa shape index (κ2) is 8.82. The summed E-state index contributed by atoms with van der Waals surface area (Å²) in [6.07, 6.45) is 0.640. The van der Waals surface area contributed by atoms with Gasteiger partial charge in [-0.1, -0.05) is 26.0 Å². The Morgan fingerprint density at radius 2 is 2.00 bits per heavy atom. The second-order valence-electron chi connectivity index (χ2n) is 7.31. The number of rotatable bonds is 6. The van der Waals surface area contributed by atoms with E-state index in [0.29, 0.717) is 0 Å². The Morgan fingerprint density at radius 3 is 2.63 bits per heavy atom. The Balaban J connectivity index is 1.74. The van der Waals surface area contributed by atoms with Gasteiger partial charge in [0.05, 0.1) is 15.0 Å². The minimum absolute atomic E-state index is 0.0332. The Hall–Kier alpha value is -2.31. The summed E-state index contributed by atoms with van der Waals surface area (Å²) in [6.45, 7) is 3.89. The number of nitriles is 1. The minimum atomic E-state index is -1.24. The van der Waals surface area contributed by atoms with Gasteiger partial charge in [0, 0.05) is 12.1 Å². The molecule has 0 amide bonds. The Kier molecular flexibility index (Phi) is 6.58. The van der Waals surface area contributed by atoms with Crippen molar-refractivity contribution in [2.75, 3.05) is 0 Å². The predicted molar refractivity (Wildman–Crippen MR) is 112 cm³/mol. The van der Waals surface area contributed by atoms with Crippen molar-refractivity contribution in [3.63, 3.8) is 0 Å². The minimum Gasteiger partial charge on any atom is -0.440 e. The average molecular weight is 542 g/mol. The fourth-order valence-electron chi connectivity index (χ4n) is 3.21. The number of hydrogen-bond donors (Lipinski definition) is 0. The number of carbonyl (C=O) groups excluding carboxylic acids is 1. The average Bonchev–Trinajstić information content (AvgIpc) is 3.22. The molecule has 0 spiro atoms. The fourth-order valence-corrected chi connectivity index (χ4v) is 3.78. The topological polar surface area (TPSA) is 72.2 Å². The third kappa shape index (κ3) is 4.87. The van der Waals surface area contributed by atoms with Crippen molar-refractivity contribution in [1.82, 2.24) is 4.98 Å². The van der Waals surface area contributed by atoms with E-state index in [-0.39, 0.29) is 34.6 Å². The molecule has 3 atom stereocenters. The van der Waals surface area contributed by atoms with Gasteiger partial charge in [-0.2, -0.15) is 5.26 Å². The van der Waals surface area contributed by atoms with Crippen LogP contribution in [0.2, 0.25) is 0 Å². The Morgan fingerprint density at radius 1 is 1.27 bits per heavy atom. The van der Waals surface area contributed by atoms with E-state index in [9.17, 15) is 18.8 Å². The molecule has 9 heteroatoms. The Labute approximate surface area is 189 Å². The first-order valence-electron chi connectivity index (χ1n) is 8.86. The van der Waals surface area contributed by atoms with Gasteiger partial charge in [0.25, 0.3) is 0 Å². The fraction of sp³-hybridized carbons (Fsp3) is 0.286. The number of ether oxygens (including phenoxy) is 2. The highest BCUT2D eigenvalue weighted by molar-refractivity contribution is 9.28. The number of benzene rings is 1. The number of allylic oxidation sites excluding steroid dienone is 1. The van der Waals surface area contributed by atoms with E-state index in [1.54, 1.807) is 6.07 Å². The van der Waals surface area contributed by atoms with E-state index in [1.807, 2.05) is 26.0 Å². The molecular formula is C21H16Br2F2N2O3. The van der Waals surface area contributed by atoms with Crippen molar-refractivity contribution in [1.29, 1.82) is 5.26 Å². The summed E-state index contributed by atoms with van der Waals surface area (Å²) >= 11 is 6.59. The maximum atomic E-state index is 13.4. The van der Waals surface area contributed by atoms with Crippen LogP contribution in [0.5, 0.6) is 11.6 Å². The zero-order chi connectivity index (χ0) is 22.1. The summed E-state index contributed by atoms with van der Waals surface area (Å²) in [7, 11) is 0. The van der Waals surface area contributed by atoms with E-state index < -0.39 is 23.7 Å². The van der Waals surface area contributed by atoms with Crippen LogP contribution in [0.15, 0.2) is 45.9 Å². The van der Waals surface area contributed by atoms with Crippen molar-refractivity contribution in [2.24, 2.45) is 17.3 Å². The lowest BCUT2D eigenvalue weighted by Gasteiger charge is -2.12.